The molecule has 0 bridgehead atoms. The molecule has 0 radical (unpaired) electrons. The molecule has 0 heterocycles. The second kappa shape index (κ2) is 12.1. The van der Waals surface area contributed by atoms with Crippen molar-refractivity contribution in [3.05, 3.63) is 70.8 Å². The number of rotatable bonds is 11. The molecule has 212 valence electrons. The van der Waals surface area contributed by atoms with Crippen LogP contribution in [0.3, 0.4) is 0 Å². The zero-order valence-corrected chi connectivity index (χ0v) is 20.6. The molecule has 3 unspecified atom stereocenters. The first-order valence-corrected chi connectivity index (χ1v) is 11.7. The van der Waals surface area contributed by atoms with E-state index in [-0.39, 0.29) is 28.7 Å². The number of aliphatic carboxylic acids is 2. The van der Waals surface area contributed by atoms with E-state index in [1.165, 1.54) is 12.1 Å². The van der Waals surface area contributed by atoms with E-state index in [4.69, 9.17) is 9.84 Å². The third-order valence-corrected chi connectivity index (χ3v) is 6.09. The van der Waals surface area contributed by atoms with Crippen LogP contribution in [0.4, 0.5) is 0 Å². The SMILES string of the molecule is O=C(CC(c1ccc(O)c(O)c1)c1cc(O)c(O)cc1CC(O)C(=O)O)OC(Cc1ccc(O)c(O)c1)C(=O)O. The Bertz CT molecular complexity index is 1430. The van der Waals surface area contributed by atoms with E-state index < -0.39 is 83.4 Å². The third kappa shape index (κ3) is 7.02. The third-order valence-electron chi connectivity index (χ3n) is 6.09. The van der Waals surface area contributed by atoms with Crippen LogP contribution in [0.5, 0.6) is 34.5 Å². The Morgan fingerprint density at radius 3 is 1.82 bits per heavy atom. The second-order valence-electron chi connectivity index (χ2n) is 8.95. The molecule has 0 aliphatic heterocycles. The fourth-order valence-corrected chi connectivity index (χ4v) is 4.06. The lowest BCUT2D eigenvalue weighted by atomic mass is 9.83. The predicted molar refractivity (Wildman–Crippen MR) is 134 cm³/mol. The molecule has 0 saturated carbocycles. The summed E-state index contributed by atoms with van der Waals surface area (Å²) in [6, 6.07) is 9.06. The molecule has 0 aliphatic carbocycles. The quantitative estimate of drug-likeness (QED) is 0.120. The summed E-state index contributed by atoms with van der Waals surface area (Å²) in [5.74, 6) is -8.66. The van der Waals surface area contributed by atoms with Crippen LogP contribution < -0.4 is 0 Å². The monoisotopic (exact) mass is 558 g/mol. The molecule has 3 rings (SSSR count). The number of aliphatic hydroxyl groups excluding tert-OH is 1. The van der Waals surface area contributed by atoms with Gasteiger partial charge >= 0.3 is 17.9 Å². The summed E-state index contributed by atoms with van der Waals surface area (Å²) in [6.45, 7) is 0. The van der Waals surface area contributed by atoms with Crippen LogP contribution in [0.15, 0.2) is 48.5 Å². The van der Waals surface area contributed by atoms with Gasteiger partial charge in [-0.05, 0) is 58.7 Å². The van der Waals surface area contributed by atoms with E-state index in [0.29, 0.717) is 0 Å². The molecule has 9 N–H and O–H groups in total. The van der Waals surface area contributed by atoms with Gasteiger partial charge < -0.3 is 50.7 Å². The van der Waals surface area contributed by atoms with E-state index >= 15 is 0 Å². The number of ether oxygens (including phenoxy) is 1. The number of carbonyl (C=O) groups is 3. The lowest BCUT2D eigenvalue weighted by Crippen LogP contribution is -2.30. The number of esters is 1. The zero-order chi connectivity index (χ0) is 29.7. The predicted octanol–water partition coefficient (Wildman–Crippen LogP) is 1.67. The molecule has 3 aromatic carbocycles. The Balaban J connectivity index is 2.00. The fourth-order valence-electron chi connectivity index (χ4n) is 4.06. The van der Waals surface area contributed by atoms with Crippen LogP contribution in [-0.2, 0) is 32.0 Å². The van der Waals surface area contributed by atoms with Crippen molar-refractivity contribution >= 4 is 17.9 Å². The Labute approximate surface area is 226 Å². The highest BCUT2D eigenvalue weighted by Crippen LogP contribution is 2.40. The standard InChI is InChI=1S/C27H26O13/c28-17-3-1-12(5-19(17)30)6-24(27(38)39)40-25(35)11-16(13-2-4-18(29)20(31)7-13)15-10-22(33)21(32)8-14(15)9-23(34)26(36)37/h1-5,7-8,10,16,23-24,28-34H,6,9,11H2,(H,36,37)(H,38,39). The molecule has 3 atom stereocenters. The summed E-state index contributed by atoms with van der Waals surface area (Å²) in [5, 5.41) is 87.8. The van der Waals surface area contributed by atoms with Gasteiger partial charge in [-0.2, -0.15) is 0 Å². The average molecular weight is 558 g/mol. The molecule has 0 aromatic heterocycles. The number of aliphatic hydroxyl groups is 1. The van der Waals surface area contributed by atoms with Crippen molar-refractivity contribution in [1.82, 2.24) is 0 Å². The minimum atomic E-state index is -1.93. The topological polar surface area (TPSA) is 243 Å². The van der Waals surface area contributed by atoms with E-state index in [1.54, 1.807) is 0 Å². The lowest BCUT2D eigenvalue weighted by Gasteiger charge is -2.23. The molecule has 13 heteroatoms. The van der Waals surface area contributed by atoms with Crippen molar-refractivity contribution in [1.29, 1.82) is 0 Å². The molecular formula is C27H26O13. The molecule has 13 nitrogen and oxygen atoms in total. The molecule has 3 aromatic rings. The van der Waals surface area contributed by atoms with Crippen LogP contribution >= 0.6 is 0 Å². The van der Waals surface area contributed by atoms with Crippen molar-refractivity contribution < 1.29 is 65.1 Å². The highest BCUT2D eigenvalue weighted by molar-refractivity contribution is 5.79. The van der Waals surface area contributed by atoms with Crippen molar-refractivity contribution in [3.8, 4) is 34.5 Å². The first kappa shape index (κ1) is 29.4. The van der Waals surface area contributed by atoms with Crippen molar-refractivity contribution in [2.75, 3.05) is 0 Å². The number of phenols is 6. The van der Waals surface area contributed by atoms with Gasteiger partial charge in [-0.3, -0.25) is 4.79 Å². The van der Waals surface area contributed by atoms with Crippen LogP contribution in [0.2, 0.25) is 0 Å². The second-order valence-corrected chi connectivity index (χ2v) is 8.95. The number of aromatic hydroxyl groups is 6. The van der Waals surface area contributed by atoms with Crippen LogP contribution in [0.25, 0.3) is 0 Å². The maximum Gasteiger partial charge on any atom is 0.345 e. The smallest absolute Gasteiger partial charge is 0.345 e. The van der Waals surface area contributed by atoms with Gasteiger partial charge in [0.15, 0.2) is 40.6 Å². The summed E-state index contributed by atoms with van der Waals surface area (Å²) in [4.78, 5) is 36.1. The van der Waals surface area contributed by atoms with Crippen molar-refractivity contribution in [2.45, 2.75) is 37.4 Å². The number of benzene rings is 3. The first-order chi connectivity index (χ1) is 18.8. The maximum absolute atomic E-state index is 13.0. The van der Waals surface area contributed by atoms with Crippen molar-refractivity contribution in [2.24, 2.45) is 0 Å². The van der Waals surface area contributed by atoms with E-state index in [1.807, 2.05) is 0 Å². The van der Waals surface area contributed by atoms with Crippen LogP contribution in [0, 0.1) is 0 Å². The average Bonchev–Trinajstić information content (AvgIpc) is 2.88. The van der Waals surface area contributed by atoms with Gasteiger partial charge in [-0.1, -0.05) is 12.1 Å². The summed E-state index contributed by atoms with van der Waals surface area (Å²) >= 11 is 0. The van der Waals surface area contributed by atoms with Crippen LogP contribution in [-0.4, -0.2) is 76.1 Å². The summed E-state index contributed by atoms with van der Waals surface area (Å²) in [6.07, 6.45) is -5.23. The zero-order valence-electron chi connectivity index (χ0n) is 20.6. The van der Waals surface area contributed by atoms with E-state index in [0.717, 1.165) is 36.4 Å². The molecule has 0 saturated heterocycles. The molecule has 0 spiro atoms. The Morgan fingerprint density at radius 2 is 1.25 bits per heavy atom. The normalized spacial score (nSPS) is 13.2. The van der Waals surface area contributed by atoms with Gasteiger partial charge in [-0.25, -0.2) is 9.59 Å². The summed E-state index contributed by atoms with van der Waals surface area (Å²) in [7, 11) is 0. The molecular weight excluding hydrogens is 532 g/mol. The number of hydrogen-bond donors (Lipinski definition) is 9. The molecule has 40 heavy (non-hydrogen) atoms. The van der Waals surface area contributed by atoms with Gasteiger partial charge in [0.2, 0.25) is 6.10 Å². The number of phenolic OH excluding ortho intramolecular Hbond substituents is 6. The Kier molecular flexibility index (Phi) is 8.91. The highest BCUT2D eigenvalue weighted by atomic mass is 16.6. The highest BCUT2D eigenvalue weighted by Gasteiger charge is 2.29. The number of carbonyl (C=O) groups excluding carboxylic acids is 1. The van der Waals surface area contributed by atoms with Gasteiger partial charge in [0.05, 0.1) is 6.42 Å². The van der Waals surface area contributed by atoms with Gasteiger partial charge in [0.25, 0.3) is 0 Å². The van der Waals surface area contributed by atoms with Gasteiger partial charge in [-0.15, -0.1) is 0 Å². The summed E-state index contributed by atoms with van der Waals surface area (Å²) < 4.78 is 5.18. The van der Waals surface area contributed by atoms with Gasteiger partial charge in [0, 0.05) is 18.8 Å². The van der Waals surface area contributed by atoms with E-state index in [9.17, 15) is 55.2 Å². The van der Waals surface area contributed by atoms with Crippen molar-refractivity contribution in [3.63, 3.8) is 0 Å². The minimum absolute atomic E-state index is 0.00455. The van der Waals surface area contributed by atoms with Crippen LogP contribution in [0.1, 0.15) is 34.6 Å². The number of carboxylic acids is 2. The Morgan fingerprint density at radius 1 is 0.675 bits per heavy atom. The number of carboxylic acid groups (broad SMARTS) is 2. The largest absolute Gasteiger partial charge is 0.504 e. The minimum Gasteiger partial charge on any atom is -0.504 e. The Hall–Kier alpha value is -5.17. The molecule has 0 amide bonds. The lowest BCUT2D eigenvalue weighted by molar-refractivity contribution is -0.164. The molecule has 0 fully saturated rings. The fraction of sp³-hybridized carbons (Fsp3) is 0.222. The van der Waals surface area contributed by atoms with Gasteiger partial charge in [0.1, 0.15) is 0 Å². The maximum atomic E-state index is 13.0. The number of hydrogen-bond acceptors (Lipinski definition) is 11. The van der Waals surface area contributed by atoms with E-state index in [2.05, 4.69) is 0 Å². The first-order valence-electron chi connectivity index (χ1n) is 11.7. The molecule has 0 aliphatic rings. The summed E-state index contributed by atoms with van der Waals surface area (Å²) in [5.41, 5.74) is 0.417.